The molecule has 4 rings (SSSR count). The van der Waals surface area contributed by atoms with E-state index in [1.807, 2.05) is 27.1 Å². The number of halogens is 1. The van der Waals surface area contributed by atoms with E-state index in [1.165, 1.54) is 0 Å². The van der Waals surface area contributed by atoms with Gasteiger partial charge in [0, 0.05) is 45.0 Å². The fraction of sp³-hybridized carbons (Fsp3) is 0.350. The summed E-state index contributed by atoms with van der Waals surface area (Å²) in [6.45, 7) is 6.74. The Morgan fingerprint density at radius 2 is 1.76 bits per heavy atom. The first-order chi connectivity index (χ1) is 14.0. The third-order valence-corrected chi connectivity index (χ3v) is 5.71. The van der Waals surface area contributed by atoms with E-state index >= 15 is 0 Å². The average Bonchev–Trinajstić information content (AvgIpc) is 3.18. The second kappa shape index (κ2) is 7.68. The van der Waals surface area contributed by atoms with Gasteiger partial charge in [0.15, 0.2) is 0 Å². The molecule has 0 unspecified atom stereocenters. The molecule has 0 aliphatic carbocycles. The standard InChI is InChI=1S/C20H21ClN8/c1-13-16(8-22)20(25-14(2)19(13)21)29-6-4-28(5-7-29)18-11-23-10-17(26-18)15-9-24-27(3)12-15/h9-12H,4-7H2,1-3H3. The van der Waals surface area contributed by atoms with Crippen molar-refractivity contribution >= 4 is 23.2 Å². The van der Waals surface area contributed by atoms with Crippen LogP contribution in [0.1, 0.15) is 16.8 Å². The molecule has 148 valence electrons. The van der Waals surface area contributed by atoms with Crippen molar-refractivity contribution < 1.29 is 0 Å². The lowest BCUT2D eigenvalue weighted by molar-refractivity contribution is 0.639. The number of anilines is 2. The number of hydrogen-bond donors (Lipinski definition) is 0. The van der Waals surface area contributed by atoms with Crippen molar-refractivity contribution in [2.45, 2.75) is 13.8 Å². The second-order valence-electron chi connectivity index (χ2n) is 7.09. The van der Waals surface area contributed by atoms with Crippen molar-refractivity contribution in [2.24, 2.45) is 7.05 Å². The Morgan fingerprint density at radius 3 is 2.41 bits per heavy atom. The minimum Gasteiger partial charge on any atom is -0.352 e. The number of pyridine rings is 1. The summed E-state index contributed by atoms with van der Waals surface area (Å²) in [6, 6.07) is 2.27. The Morgan fingerprint density at radius 1 is 1.03 bits per heavy atom. The fourth-order valence-corrected chi connectivity index (χ4v) is 3.66. The summed E-state index contributed by atoms with van der Waals surface area (Å²) in [6.07, 6.45) is 7.24. The van der Waals surface area contributed by atoms with Gasteiger partial charge in [-0.3, -0.25) is 9.67 Å². The Hall–Kier alpha value is -3.18. The maximum absolute atomic E-state index is 9.60. The summed E-state index contributed by atoms with van der Waals surface area (Å²) in [7, 11) is 1.88. The highest BCUT2D eigenvalue weighted by Crippen LogP contribution is 2.30. The lowest BCUT2D eigenvalue weighted by Crippen LogP contribution is -2.47. The summed E-state index contributed by atoms with van der Waals surface area (Å²) < 4.78 is 1.75. The number of nitriles is 1. The third kappa shape index (κ3) is 3.61. The van der Waals surface area contributed by atoms with Crippen LogP contribution >= 0.6 is 11.6 Å². The van der Waals surface area contributed by atoms with Crippen molar-refractivity contribution in [1.82, 2.24) is 24.7 Å². The molecule has 0 aromatic carbocycles. The van der Waals surface area contributed by atoms with Gasteiger partial charge in [-0.1, -0.05) is 11.6 Å². The van der Waals surface area contributed by atoms with Gasteiger partial charge in [-0.05, 0) is 19.4 Å². The normalized spacial score (nSPS) is 14.2. The zero-order chi connectivity index (χ0) is 20.5. The van der Waals surface area contributed by atoms with E-state index in [0.717, 1.165) is 54.5 Å². The van der Waals surface area contributed by atoms with E-state index in [9.17, 15) is 5.26 Å². The minimum atomic E-state index is 0.549. The van der Waals surface area contributed by atoms with Gasteiger partial charge in [-0.25, -0.2) is 9.97 Å². The van der Waals surface area contributed by atoms with Crippen molar-refractivity contribution in [2.75, 3.05) is 36.0 Å². The van der Waals surface area contributed by atoms with Crippen LogP contribution in [0.5, 0.6) is 0 Å². The summed E-state index contributed by atoms with van der Waals surface area (Å²) in [4.78, 5) is 18.1. The lowest BCUT2D eigenvalue weighted by Gasteiger charge is -2.36. The van der Waals surface area contributed by atoms with Gasteiger partial charge in [0.05, 0.1) is 40.6 Å². The highest BCUT2D eigenvalue weighted by atomic mass is 35.5. The molecule has 1 saturated heterocycles. The Labute approximate surface area is 174 Å². The molecule has 0 amide bonds. The van der Waals surface area contributed by atoms with Crippen molar-refractivity contribution in [3.8, 4) is 17.3 Å². The first-order valence-electron chi connectivity index (χ1n) is 9.35. The predicted octanol–water partition coefficient (Wildman–Crippen LogP) is 2.74. The number of nitrogens with zero attached hydrogens (tertiary/aromatic N) is 8. The van der Waals surface area contributed by atoms with Crippen molar-refractivity contribution in [3.63, 3.8) is 0 Å². The topological polar surface area (TPSA) is 86.8 Å². The highest BCUT2D eigenvalue weighted by molar-refractivity contribution is 6.32. The molecule has 0 N–H and O–H groups in total. The van der Waals surface area contributed by atoms with Crippen LogP contribution in [-0.2, 0) is 7.05 Å². The number of hydrogen-bond acceptors (Lipinski definition) is 7. The second-order valence-corrected chi connectivity index (χ2v) is 7.46. The fourth-order valence-electron chi connectivity index (χ4n) is 3.52. The molecule has 8 nitrogen and oxygen atoms in total. The monoisotopic (exact) mass is 408 g/mol. The Bertz CT molecular complexity index is 1090. The zero-order valence-corrected chi connectivity index (χ0v) is 17.3. The molecule has 1 fully saturated rings. The van der Waals surface area contributed by atoms with Gasteiger partial charge in [0.1, 0.15) is 17.7 Å². The molecular formula is C20H21ClN8. The molecule has 0 radical (unpaired) electrons. The molecule has 0 atom stereocenters. The summed E-state index contributed by atoms with van der Waals surface area (Å²) in [5, 5.41) is 14.4. The number of piperazine rings is 1. The molecule has 3 aromatic heterocycles. The smallest absolute Gasteiger partial charge is 0.147 e. The third-order valence-electron chi connectivity index (χ3n) is 5.16. The van der Waals surface area contributed by atoms with Crippen LogP contribution < -0.4 is 9.80 Å². The first kappa shape index (κ1) is 19.2. The van der Waals surface area contributed by atoms with Gasteiger partial charge in [-0.15, -0.1) is 0 Å². The van der Waals surface area contributed by atoms with Gasteiger partial charge in [0.25, 0.3) is 0 Å². The minimum absolute atomic E-state index is 0.549. The Balaban J connectivity index is 1.53. The van der Waals surface area contributed by atoms with Gasteiger partial charge < -0.3 is 9.80 Å². The van der Waals surface area contributed by atoms with E-state index < -0.39 is 0 Å². The van der Waals surface area contributed by atoms with Crippen LogP contribution in [-0.4, -0.2) is 50.9 Å². The Kier molecular flexibility index (Phi) is 5.07. The molecule has 4 heterocycles. The van der Waals surface area contributed by atoms with Crippen LogP contribution in [0.2, 0.25) is 5.02 Å². The largest absolute Gasteiger partial charge is 0.352 e. The first-order valence-corrected chi connectivity index (χ1v) is 9.73. The molecule has 3 aromatic rings. The maximum atomic E-state index is 9.60. The van der Waals surface area contributed by atoms with Gasteiger partial charge in [0.2, 0.25) is 0 Å². The van der Waals surface area contributed by atoms with Gasteiger partial charge >= 0.3 is 0 Å². The van der Waals surface area contributed by atoms with E-state index in [4.69, 9.17) is 16.6 Å². The van der Waals surface area contributed by atoms with Gasteiger partial charge in [-0.2, -0.15) is 10.4 Å². The summed E-state index contributed by atoms with van der Waals surface area (Å²) in [5.74, 6) is 1.55. The molecule has 9 heteroatoms. The van der Waals surface area contributed by atoms with Crippen LogP contribution in [0.15, 0.2) is 24.8 Å². The lowest BCUT2D eigenvalue weighted by atomic mass is 10.1. The predicted molar refractivity (Wildman–Crippen MR) is 112 cm³/mol. The average molecular weight is 409 g/mol. The number of rotatable bonds is 3. The molecule has 1 aliphatic rings. The highest BCUT2D eigenvalue weighted by Gasteiger charge is 2.24. The SMILES string of the molecule is Cc1nc(N2CCN(c3cncc(-c4cnn(C)c4)n3)CC2)c(C#N)c(C)c1Cl. The van der Waals surface area contributed by atoms with Crippen LogP contribution in [0.3, 0.4) is 0 Å². The van der Waals surface area contributed by atoms with E-state index in [0.29, 0.717) is 16.4 Å². The number of aryl methyl sites for hydroxylation is 2. The summed E-state index contributed by atoms with van der Waals surface area (Å²) in [5.41, 5.74) is 3.82. The van der Waals surface area contributed by atoms with E-state index in [2.05, 4.69) is 30.9 Å². The molecule has 0 spiro atoms. The zero-order valence-electron chi connectivity index (χ0n) is 16.6. The van der Waals surface area contributed by atoms with E-state index in [1.54, 1.807) is 23.3 Å². The van der Waals surface area contributed by atoms with Crippen molar-refractivity contribution in [3.05, 3.63) is 46.6 Å². The molecule has 0 bridgehead atoms. The molecule has 29 heavy (non-hydrogen) atoms. The summed E-state index contributed by atoms with van der Waals surface area (Å²) >= 11 is 6.28. The van der Waals surface area contributed by atoms with E-state index in [-0.39, 0.29) is 0 Å². The molecule has 1 aliphatic heterocycles. The maximum Gasteiger partial charge on any atom is 0.147 e. The molecular weight excluding hydrogens is 388 g/mol. The number of aromatic nitrogens is 5. The van der Waals surface area contributed by atoms with Crippen LogP contribution in [0, 0.1) is 25.2 Å². The van der Waals surface area contributed by atoms with Crippen LogP contribution in [0.4, 0.5) is 11.6 Å². The molecule has 0 saturated carbocycles. The van der Waals surface area contributed by atoms with Crippen LogP contribution in [0.25, 0.3) is 11.3 Å². The van der Waals surface area contributed by atoms with Crippen molar-refractivity contribution in [1.29, 1.82) is 5.26 Å². The quantitative estimate of drug-likeness (QED) is 0.658.